The number of carbonyl (C=O) groups is 2. The van der Waals surface area contributed by atoms with Crippen LogP contribution in [0.4, 0.5) is 0 Å². The molecular formula is C19H20ClN3O5. The van der Waals surface area contributed by atoms with E-state index in [-0.39, 0.29) is 12.1 Å². The normalized spacial score (nSPS) is 10.4. The van der Waals surface area contributed by atoms with Gasteiger partial charge in [-0.2, -0.15) is 5.10 Å². The van der Waals surface area contributed by atoms with Gasteiger partial charge in [0.2, 0.25) is 5.75 Å². The summed E-state index contributed by atoms with van der Waals surface area (Å²) in [5.41, 5.74) is 3.24. The van der Waals surface area contributed by atoms with Gasteiger partial charge < -0.3 is 19.5 Å². The Kier molecular flexibility index (Phi) is 7.65. The van der Waals surface area contributed by atoms with E-state index in [1.807, 2.05) is 0 Å². The van der Waals surface area contributed by atoms with Gasteiger partial charge in [-0.05, 0) is 24.3 Å². The number of hydrazone groups is 1. The Morgan fingerprint density at radius 1 is 1.07 bits per heavy atom. The maximum Gasteiger partial charge on any atom is 0.259 e. The molecule has 2 amide bonds. The van der Waals surface area contributed by atoms with Gasteiger partial charge in [-0.3, -0.25) is 9.59 Å². The summed E-state index contributed by atoms with van der Waals surface area (Å²) in [6, 6.07) is 9.91. The first-order chi connectivity index (χ1) is 13.5. The van der Waals surface area contributed by atoms with Crippen molar-refractivity contribution in [3.63, 3.8) is 0 Å². The summed E-state index contributed by atoms with van der Waals surface area (Å²) in [4.78, 5) is 23.9. The van der Waals surface area contributed by atoms with Gasteiger partial charge in [-0.25, -0.2) is 5.43 Å². The van der Waals surface area contributed by atoms with Gasteiger partial charge in [0.15, 0.2) is 11.5 Å². The third-order valence-corrected chi connectivity index (χ3v) is 3.95. The van der Waals surface area contributed by atoms with Crippen molar-refractivity contribution in [3.8, 4) is 17.2 Å². The van der Waals surface area contributed by atoms with Gasteiger partial charge in [0.1, 0.15) is 0 Å². The molecule has 0 saturated heterocycles. The van der Waals surface area contributed by atoms with Crippen LogP contribution in [0.2, 0.25) is 5.02 Å². The van der Waals surface area contributed by atoms with Crippen LogP contribution in [0.1, 0.15) is 15.9 Å². The molecule has 0 aliphatic carbocycles. The van der Waals surface area contributed by atoms with Crippen LogP contribution < -0.4 is 25.0 Å². The molecule has 0 unspecified atom stereocenters. The number of amides is 2. The average molecular weight is 406 g/mol. The number of nitrogens with zero attached hydrogens (tertiary/aromatic N) is 1. The number of hydrogen-bond donors (Lipinski definition) is 2. The molecule has 9 heteroatoms. The molecule has 8 nitrogen and oxygen atoms in total. The average Bonchev–Trinajstić information content (AvgIpc) is 2.71. The quantitative estimate of drug-likeness (QED) is 0.518. The van der Waals surface area contributed by atoms with Crippen LogP contribution in [-0.4, -0.2) is 45.9 Å². The fourth-order valence-electron chi connectivity index (χ4n) is 2.30. The summed E-state index contributed by atoms with van der Waals surface area (Å²) in [7, 11) is 4.51. The Morgan fingerprint density at radius 3 is 2.29 bits per heavy atom. The van der Waals surface area contributed by atoms with Crippen molar-refractivity contribution in [2.24, 2.45) is 5.10 Å². The van der Waals surface area contributed by atoms with E-state index in [1.165, 1.54) is 27.5 Å². The van der Waals surface area contributed by atoms with Crippen LogP contribution in [-0.2, 0) is 4.79 Å². The lowest BCUT2D eigenvalue weighted by Gasteiger charge is -2.12. The van der Waals surface area contributed by atoms with E-state index in [0.29, 0.717) is 27.8 Å². The number of carbonyl (C=O) groups excluding carboxylic acids is 2. The Hall–Kier alpha value is -3.26. The fourth-order valence-corrected chi connectivity index (χ4v) is 2.52. The first-order valence-corrected chi connectivity index (χ1v) is 8.52. The summed E-state index contributed by atoms with van der Waals surface area (Å²) in [5, 5.41) is 6.64. The smallest absolute Gasteiger partial charge is 0.259 e. The second-order valence-corrected chi connectivity index (χ2v) is 5.82. The molecule has 2 rings (SSSR count). The van der Waals surface area contributed by atoms with Crippen LogP contribution in [0.3, 0.4) is 0 Å². The molecule has 0 spiro atoms. The van der Waals surface area contributed by atoms with Crippen LogP contribution in [0.5, 0.6) is 17.2 Å². The van der Waals surface area contributed by atoms with Gasteiger partial charge in [0.25, 0.3) is 11.8 Å². The largest absolute Gasteiger partial charge is 0.493 e. The lowest BCUT2D eigenvalue weighted by molar-refractivity contribution is -0.120. The molecule has 0 saturated carbocycles. The van der Waals surface area contributed by atoms with E-state index in [1.54, 1.807) is 36.4 Å². The van der Waals surface area contributed by atoms with Crippen molar-refractivity contribution in [3.05, 3.63) is 52.5 Å². The molecule has 0 heterocycles. The second kappa shape index (κ2) is 10.2. The highest BCUT2D eigenvalue weighted by Gasteiger charge is 2.13. The van der Waals surface area contributed by atoms with E-state index in [0.717, 1.165) is 0 Å². The molecule has 28 heavy (non-hydrogen) atoms. The zero-order chi connectivity index (χ0) is 20.5. The maximum atomic E-state index is 12.0. The third-order valence-electron chi connectivity index (χ3n) is 3.62. The van der Waals surface area contributed by atoms with Crippen LogP contribution in [0.15, 0.2) is 41.5 Å². The summed E-state index contributed by atoms with van der Waals surface area (Å²) in [6.45, 7) is -0.253. The SMILES string of the molecule is COc1cc(/C=N\NC(=O)CNC(=O)c2ccccc2Cl)cc(OC)c1OC. The number of benzene rings is 2. The van der Waals surface area contributed by atoms with E-state index in [2.05, 4.69) is 15.8 Å². The topological polar surface area (TPSA) is 98.2 Å². The van der Waals surface area contributed by atoms with E-state index < -0.39 is 11.8 Å². The summed E-state index contributed by atoms with van der Waals surface area (Å²) in [6.07, 6.45) is 1.41. The lowest BCUT2D eigenvalue weighted by Crippen LogP contribution is -2.35. The molecular weight excluding hydrogens is 386 g/mol. The number of ether oxygens (including phenoxy) is 3. The van der Waals surface area contributed by atoms with Gasteiger partial charge in [-0.15, -0.1) is 0 Å². The van der Waals surface area contributed by atoms with Gasteiger partial charge >= 0.3 is 0 Å². The number of methoxy groups -OCH3 is 3. The standard InChI is InChI=1S/C19H20ClN3O5/c1-26-15-8-12(9-16(27-2)18(15)28-3)10-22-23-17(24)11-21-19(25)13-6-4-5-7-14(13)20/h4-10H,11H2,1-3H3,(H,21,25)(H,23,24)/b22-10-. The first kappa shape index (κ1) is 21.0. The Morgan fingerprint density at radius 2 is 1.71 bits per heavy atom. The summed E-state index contributed by atoms with van der Waals surface area (Å²) in [5.74, 6) is 0.426. The Balaban J connectivity index is 1.94. The predicted molar refractivity (Wildman–Crippen MR) is 106 cm³/mol. The van der Waals surface area contributed by atoms with Crippen molar-refractivity contribution in [2.75, 3.05) is 27.9 Å². The van der Waals surface area contributed by atoms with Gasteiger partial charge in [0.05, 0.1) is 44.7 Å². The van der Waals surface area contributed by atoms with Gasteiger partial charge in [0, 0.05) is 5.56 Å². The molecule has 0 fully saturated rings. The van der Waals surface area contributed by atoms with Crippen molar-refractivity contribution in [1.82, 2.24) is 10.7 Å². The van der Waals surface area contributed by atoms with E-state index in [4.69, 9.17) is 25.8 Å². The van der Waals surface area contributed by atoms with E-state index in [9.17, 15) is 9.59 Å². The van der Waals surface area contributed by atoms with Crippen molar-refractivity contribution in [1.29, 1.82) is 0 Å². The molecule has 2 aromatic carbocycles. The first-order valence-electron chi connectivity index (χ1n) is 8.14. The maximum absolute atomic E-state index is 12.0. The van der Waals surface area contributed by atoms with Crippen LogP contribution in [0, 0.1) is 0 Å². The number of hydrogen-bond acceptors (Lipinski definition) is 6. The minimum Gasteiger partial charge on any atom is -0.493 e. The van der Waals surface area contributed by atoms with Gasteiger partial charge in [-0.1, -0.05) is 23.7 Å². The molecule has 0 bridgehead atoms. The molecule has 0 aromatic heterocycles. The van der Waals surface area contributed by atoms with Crippen molar-refractivity contribution < 1.29 is 23.8 Å². The van der Waals surface area contributed by atoms with Crippen LogP contribution in [0.25, 0.3) is 0 Å². The third kappa shape index (κ3) is 5.37. The minimum atomic E-state index is -0.496. The predicted octanol–water partition coefficient (Wildman–Crippen LogP) is 2.25. The molecule has 2 N–H and O–H groups in total. The molecule has 0 aliphatic rings. The summed E-state index contributed by atoms with van der Waals surface area (Å²) < 4.78 is 15.7. The number of nitrogens with one attached hydrogen (secondary N) is 2. The highest BCUT2D eigenvalue weighted by Crippen LogP contribution is 2.37. The zero-order valence-electron chi connectivity index (χ0n) is 15.6. The molecule has 148 valence electrons. The molecule has 0 radical (unpaired) electrons. The fraction of sp³-hybridized carbons (Fsp3) is 0.211. The number of rotatable bonds is 8. The van der Waals surface area contributed by atoms with Crippen molar-refractivity contribution >= 4 is 29.6 Å². The second-order valence-electron chi connectivity index (χ2n) is 5.41. The Labute approximate surface area is 167 Å². The Bertz CT molecular complexity index is 861. The molecule has 0 atom stereocenters. The zero-order valence-corrected chi connectivity index (χ0v) is 16.4. The lowest BCUT2D eigenvalue weighted by atomic mass is 10.2. The summed E-state index contributed by atoms with van der Waals surface area (Å²) >= 11 is 5.94. The highest BCUT2D eigenvalue weighted by molar-refractivity contribution is 6.33. The molecule has 0 aliphatic heterocycles. The van der Waals surface area contributed by atoms with Crippen LogP contribution >= 0.6 is 11.6 Å². The molecule has 2 aromatic rings. The number of halogens is 1. The van der Waals surface area contributed by atoms with E-state index >= 15 is 0 Å². The van der Waals surface area contributed by atoms with Crippen molar-refractivity contribution in [2.45, 2.75) is 0 Å². The monoisotopic (exact) mass is 405 g/mol. The minimum absolute atomic E-state index is 0.253. The highest BCUT2D eigenvalue weighted by atomic mass is 35.5.